The van der Waals surface area contributed by atoms with E-state index in [0.717, 1.165) is 0 Å². The summed E-state index contributed by atoms with van der Waals surface area (Å²) in [5.41, 5.74) is 0. The van der Waals surface area contributed by atoms with Crippen LogP contribution in [-0.2, 0) is 0 Å². The summed E-state index contributed by atoms with van der Waals surface area (Å²) in [7, 11) is 0. The van der Waals surface area contributed by atoms with Gasteiger partial charge >= 0.3 is 0 Å². The van der Waals surface area contributed by atoms with Crippen molar-refractivity contribution in [3.63, 3.8) is 0 Å². The second-order valence-corrected chi connectivity index (χ2v) is 4.44. The van der Waals surface area contributed by atoms with E-state index in [1.165, 1.54) is 38.8 Å². The Bertz CT molecular complexity index is 128. The van der Waals surface area contributed by atoms with Gasteiger partial charge in [-0.2, -0.15) is 0 Å². The molecule has 0 bridgehead atoms. The molecule has 0 aromatic heterocycles. The molecule has 1 heterocycles. The van der Waals surface area contributed by atoms with Crippen LogP contribution in [0.15, 0.2) is 0 Å². The van der Waals surface area contributed by atoms with E-state index < -0.39 is 0 Å². The van der Waals surface area contributed by atoms with Crippen molar-refractivity contribution in [1.29, 1.82) is 0 Å². The lowest BCUT2D eigenvalue weighted by atomic mass is 10.0. The highest BCUT2D eigenvalue weighted by Gasteiger charge is 2.21. The minimum absolute atomic E-state index is 0.317. The molecule has 0 unspecified atom stereocenters. The molecule has 0 radical (unpaired) electrons. The van der Waals surface area contributed by atoms with Gasteiger partial charge in [0.1, 0.15) is 0 Å². The summed E-state index contributed by atoms with van der Waals surface area (Å²) in [5.74, 6) is 0.572. The van der Waals surface area contributed by atoms with Crippen molar-refractivity contribution < 1.29 is 5.11 Å². The molecule has 0 amide bonds. The topological polar surface area (TPSA) is 23.5 Å². The number of likely N-dealkylation sites (tertiary alicyclic amines) is 1. The summed E-state index contributed by atoms with van der Waals surface area (Å²) in [6.45, 7) is 7.09. The first-order valence-electron chi connectivity index (χ1n) is 5.60. The second-order valence-electron chi connectivity index (χ2n) is 4.44. The maximum atomic E-state index is 9.30. The minimum atomic E-state index is 0.317. The maximum absolute atomic E-state index is 9.30. The van der Waals surface area contributed by atoms with Gasteiger partial charge in [-0.1, -0.05) is 26.7 Å². The second kappa shape index (κ2) is 5.61. The van der Waals surface area contributed by atoms with Gasteiger partial charge in [-0.15, -0.1) is 0 Å². The lowest BCUT2D eigenvalue weighted by molar-refractivity contribution is 0.0939. The van der Waals surface area contributed by atoms with Gasteiger partial charge in [-0.25, -0.2) is 0 Å². The van der Waals surface area contributed by atoms with Crippen LogP contribution < -0.4 is 0 Å². The summed E-state index contributed by atoms with van der Waals surface area (Å²) >= 11 is 0. The standard InChI is InChI=1S/C11H23NO/c1-10(2)11(9-13)12-7-5-3-4-6-8-12/h10-11,13H,3-9H2,1-2H3/t11-/m0/s1. The van der Waals surface area contributed by atoms with E-state index in [1.54, 1.807) is 0 Å². The van der Waals surface area contributed by atoms with Gasteiger partial charge in [0, 0.05) is 6.04 Å². The first-order chi connectivity index (χ1) is 6.25. The zero-order valence-electron chi connectivity index (χ0n) is 9.00. The molecule has 2 heteroatoms. The molecule has 0 saturated carbocycles. The summed E-state index contributed by atoms with van der Waals surface area (Å²) in [4.78, 5) is 2.47. The molecule has 0 aromatic carbocycles. The van der Waals surface area contributed by atoms with Crippen molar-refractivity contribution in [1.82, 2.24) is 4.90 Å². The highest BCUT2D eigenvalue weighted by Crippen LogP contribution is 2.16. The van der Waals surface area contributed by atoms with E-state index in [1.807, 2.05) is 0 Å². The zero-order chi connectivity index (χ0) is 9.68. The van der Waals surface area contributed by atoms with Gasteiger partial charge in [0.2, 0.25) is 0 Å². The van der Waals surface area contributed by atoms with E-state index in [2.05, 4.69) is 18.7 Å². The molecule has 78 valence electrons. The maximum Gasteiger partial charge on any atom is 0.0589 e. The molecule has 1 atom stereocenters. The highest BCUT2D eigenvalue weighted by atomic mass is 16.3. The predicted octanol–water partition coefficient (Wildman–Crippen LogP) is 1.88. The summed E-state index contributed by atoms with van der Waals surface area (Å²) in [6.07, 6.45) is 5.35. The zero-order valence-corrected chi connectivity index (χ0v) is 9.00. The smallest absolute Gasteiger partial charge is 0.0589 e. The molecule has 0 aromatic rings. The Morgan fingerprint density at radius 1 is 1.08 bits per heavy atom. The average molecular weight is 185 g/mol. The van der Waals surface area contributed by atoms with Gasteiger partial charge in [0.15, 0.2) is 0 Å². The molecular weight excluding hydrogens is 162 g/mol. The largest absolute Gasteiger partial charge is 0.395 e. The lowest BCUT2D eigenvalue weighted by Crippen LogP contribution is -2.42. The average Bonchev–Trinajstić information content (AvgIpc) is 2.33. The number of rotatable bonds is 3. The third-order valence-corrected chi connectivity index (χ3v) is 3.07. The molecule has 1 N–H and O–H groups in total. The third-order valence-electron chi connectivity index (χ3n) is 3.07. The van der Waals surface area contributed by atoms with Crippen LogP contribution in [0.3, 0.4) is 0 Å². The van der Waals surface area contributed by atoms with Gasteiger partial charge in [0.05, 0.1) is 6.61 Å². The number of aliphatic hydroxyl groups is 1. The molecule has 0 aliphatic carbocycles. The highest BCUT2D eigenvalue weighted by molar-refractivity contribution is 4.75. The monoisotopic (exact) mass is 185 g/mol. The van der Waals surface area contributed by atoms with E-state index in [9.17, 15) is 5.11 Å². The number of aliphatic hydroxyl groups excluding tert-OH is 1. The van der Waals surface area contributed by atoms with Crippen molar-refractivity contribution >= 4 is 0 Å². The Balaban J connectivity index is 2.45. The number of nitrogens with zero attached hydrogens (tertiary/aromatic N) is 1. The summed E-state index contributed by atoms with van der Waals surface area (Å²) < 4.78 is 0. The fourth-order valence-corrected chi connectivity index (χ4v) is 2.17. The fraction of sp³-hybridized carbons (Fsp3) is 1.00. The minimum Gasteiger partial charge on any atom is -0.395 e. The number of hydrogen-bond acceptors (Lipinski definition) is 2. The summed E-state index contributed by atoms with van der Waals surface area (Å²) in [5, 5.41) is 9.30. The first-order valence-corrected chi connectivity index (χ1v) is 5.60. The molecule has 1 fully saturated rings. The third kappa shape index (κ3) is 3.28. The van der Waals surface area contributed by atoms with Gasteiger partial charge in [-0.05, 0) is 31.8 Å². The van der Waals surface area contributed by atoms with E-state index in [4.69, 9.17) is 0 Å². The quantitative estimate of drug-likeness (QED) is 0.725. The van der Waals surface area contributed by atoms with Crippen LogP contribution in [0.5, 0.6) is 0 Å². The van der Waals surface area contributed by atoms with Crippen LogP contribution in [-0.4, -0.2) is 35.7 Å². The SMILES string of the molecule is CC(C)[C@H](CO)N1CCCCCC1. The molecule has 1 aliphatic rings. The molecule has 1 saturated heterocycles. The van der Waals surface area contributed by atoms with E-state index >= 15 is 0 Å². The van der Waals surface area contributed by atoms with Crippen molar-refractivity contribution in [3.05, 3.63) is 0 Å². The molecule has 0 spiro atoms. The summed E-state index contributed by atoms with van der Waals surface area (Å²) in [6, 6.07) is 0.387. The van der Waals surface area contributed by atoms with Crippen molar-refractivity contribution in [3.8, 4) is 0 Å². The Morgan fingerprint density at radius 2 is 1.62 bits per heavy atom. The normalized spacial score (nSPS) is 23.1. The molecule has 1 aliphatic heterocycles. The Morgan fingerprint density at radius 3 is 2.00 bits per heavy atom. The van der Waals surface area contributed by atoms with Crippen LogP contribution in [0.25, 0.3) is 0 Å². The van der Waals surface area contributed by atoms with Gasteiger partial charge in [-0.3, -0.25) is 4.90 Å². The van der Waals surface area contributed by atoms with Crippen LogP contribution in [0.4, 0.5) is 0 Å². The van der Waals surface area contributed by atoms with E-state index in [0.29, 0.717) is 18.6 Å². The molecular formula is C11H23NO. The van der Waals surface area contributed by atoms with Gasteiger partial charge in [0.25, 0.3) is 0 Å². The van der Waals surface area contributed by atoms with Crippen LogP contribution in [0, 0.1) is 5.92 Å². The predicted molar refractivity (Wildman–Crippen MR) is 55.8 cm³/mol. The Kier molecular flexibility index (Phi) is 4.74. The van der Waals surface area contributed by atoms with Crippen molar-refractivity contribution in [2.75, 3.05) is 19.7 Å². The van der Waals surface area contributed by atoms with Crippen LogP contribution in [0.1, 0.15) is 39.5 Å². The molecule has 13 heavy (non-hydrogen) atoms. The van der Waals surface area contributed by atoms with Crippen molar-refractivity contribution in [2.24, 2.45) is 5.92 Å². The van der Waals surface area contributed by atoms with E-state index in [-0.39, 0.29) is 0 Å². The Labute approximate surface area is 81.9 Å². The first kappa shape index (κ1) is 11.0. The Hall–Kier alpha value is -0.0800. The van der Waals surface area contributed by atoms with Gasteiger partial charge < -0.3 is 5.11 Å². The molecule has 2 nitrogen and oxygen atoms in total. The lowest BCUT2D eigenvalue weighted by Gasteiger charge is -2.31. The fourth-order valence-electron chi connectivity index (χ4n) is 2.17. The molecule has 1 rings (SSSR count). The number of hydrogen-bond donors (Lipinski definition) is 1. The van der Waals surface area contributed by atoms with Crippen LogP contribution in [0.2, 0.25) is 0 Å². The van der Waals surface area contributed by atoms with Crippen LogP contribution >= 0.6 is 0 Å². The van der Waals surface area contributed by atoms with Crippen molar-refractivity contribution in [2.45, 2.75) is 45.6 Å².